The Labute approximate surface area is 145 Å². The first-order valence-corrected chi connectivity index (χ1v) is 8.70. The maximum absolute atomic E-state index is 13.0. The molecule has 0 aromatic carbocycles. The van der Waals surface area contributed by atoms with Crippen LogP contribution in [0, 0.1) is 6.92 Å². The molecule has 0 spiro atoms. The zero-order chi connectivity index (χ0) is 18.2. The number of hydrogen-bond donors (Lipinski definition) is 2. The lowest BCUT2D eigenvalue weighted by molar-refractivity contribution is -0.138. The zero-order valence-corrected chi connectivity index (χ0v) is 14.8. The van der Waals surface area contributed by atoms with E-state index < -0.39 is 11.5 Å². The highest BCUT2D eigenvalue weighted by molar-refractivity contribution is 6.06. The third kappa shape index (κ3) is 3.36. The number of rotatable bonds is 7. The fraction of sp³-hybridized carbons (Fsp3) is 0.556. The summed E-state index contributed by atoms with van der Waals surface area (Å²) in [4.78, 5) is 28.7. The van der Waals surface area contributed by atoms with Gasteiger partial charge in [0, 0.05) is 11.6 Å². The number of nitrogens with zero attached hydrogens (tertiary/aromatic N) is 2. The average molecular weight is 345 g/mol. The predicted octanol–water partition coefficient (Wildman–Crippen LogP) is 3.17. The van der Waals surface area contributed by atoms with E-state index >= 15 is 0 Å². The van der Waals surface area contributed by atoms with Crippen molar-refractivity contribution in [3.8, 4) is 0 Å². The minimum absolute atomic E-state index is 0.113. The molecule has 0 bridgehead atoms. The minimum Gasteiger partial charge on any atom is -0.481 e. The Morgan fingerprint density at radius 1 is 1.36 bits per heavy atom. The van der Waals surface area contributed by atoms with Gasteiger partial charge in [0.25, 0.3) is 11.6 Å². The number of carbonyl (C=O) groups excluding carboxylic acids is 1. The largest absolute Gasteiger partial charge is 0.481 e. The molecule has 2 heterocycles. The minimum atomic E-state index is -0.927. The van der Waals surface area contributed by atoms with Gasteiger partial charge in [-0.25, -0.2) is 4.98 Å². The number of fused-ring (bicyclic) bond motifs is 1. The number of aryl methyl sites for hydroxylation is 1. The van der Waals surface area contributed by atoms with Crippen LogP contribution in [0.25, 0.3) is 11.1 Å². The molecular formula is C18H23N3O4. The molecule has 1 aliphatic rings. The Kier molecular flexibility index (Phi) is 4.49. The van der Waals surface area contributed by atoms with Crippen molar-refractivity contribution in [2.75, 3.05) is 0 Å². The molecule has 0 radical (unpaired) electrons. The van der Waals surface area contributed by atoms with Crippen molar-refractivity contribution in [2.45, 2.75) is 64.3 Å². The van der Waals surface area contributed by atoms with E-state index in [1.807, 2.05) is 13.8 Å². The summed E-state index contributed by atoms with van der Waals surface area (Å²) in [5, 5.41) is 16.7. The van der Waals surface area contributed by atoms with E-state index in [2.05, 4.69) is 15.5 Å². The monoisotopic (exact) mass is 345 g/mol. The molecule has 0 saturated heterocycles. The molecular weight excluding hydrogens is 322 g/mol. The van der Waals surface area contributed by atoms with E-state index in [1.54, 1.807) is 13.0 Å². The van der Waals surface area contributed by atoms with Gasteiger partial charge in [0.15, 0.2) is 0 Å². The van der Waals surface area contributed by atoms with E-state index in [-0.39, 0.29) is 12.3 Å². The number of nitrogens with one attached hydrogen (secondary N) is 1. The molecule has 2 aromatic rings. The Morgan fingerprint density at radius 2 is 2.04 bits per heavy atom. The summed E-state index contributed by atoms with van der Waals surface area (Å²) in [6.07, 6.45) is 3.07. The molecule has 2 aromatic heterocycles. The summed E-state index contributed by atoms with van der Waals surface area (Å²) in [5.41, 5.74) is 1.49. The molecule has 7 nitrogen and oxygen atoms in total. The highest BCUT2D eigenvalue weighted by atomic mass is 16.5. The molecule has 1 saturated carbocycles. The SMILES string of the molecule is CCC(CC)(CC(=O)O)NC(=O)c1cc(C2CC2)nc2onc(C)c12. The fourth-order valence-corrected chi connectivity index (χ4v) is 3.20. The molecule has 1 amide bonds. The van der Waals surface area contributed by atoms with Crippen LogP contribution in [-0.2, 0) is 4.79 Å². The van der Waals surface area contributed by atoms with Gasteiger partial charge in [0.05, 0.1) is 28.6 Å². The standard InChI is InChI=1S/C18H23N3O4/c1-4-18(5-2,9-14(22)23)20-16(24)12-8-13(11-6-7-11)19-17-15(12)10(3)21-25-17/h8,11H,4-7,9H2,1-3H3,(H,20,24)(H,22,23). The Morgan fingerprint density at radius 3 is 2.60 bits per heavy atom. The Hall–Kier alpha value is -2.44. The molecule has 0 aliphatic heterocycles. The van der Waals surface area contributed by atoms with Gasteiger partial charge in [-0.05, 0) is 38.7 Å². The van der Waals surface area contributed by atoms with Crippen LogP contribution >= 0.6 is 0 Å². The van der Waals surface area contributed by atoms with Crippen LogP contribution < -0.4 is 5.32 Å². The molecule has 134 valence electrons. The lowest BCUT2D eigenvalue weighted by Gasteiger charge is -2.31. The van der Waals surface area contributed by atoms with Crippen LogP contribution in [-0.4, -0.2) is 32.7 Å². The third-order valence-corrected chi connectivity index (χ3v) is 5.10. The second-order valence-corrected chi connectivity index (χ2v) is 6.83. The second kappa shape index (κ2) is 6.46. The summed E-state index contributed by atoms with van der Waals surface area (Å²) in [5.74, 6) is -0.864. The molecule has 3 rings (SSSR count). The van der Waals surface area contributed by atoms with E-state index in [9.17, 15) is 14.7 Å². The Bertz CT molecular complexity index is 819. The number of pyridine rings is 1. The quantitative estimate of drug-likeness (QED) is 0.798. The summed E-state index contributed by atoms with van der Waals surface area (Å²) >= 11 is 0. The number of carboxylic acid groups (broad SMARTS) is 1. The van der Waals surface area contributed by atoms with Crippen LogP contribution in [0.15, 0.2) is 10.6 Å². The van der Waals surface area contributed by atoms with E-state index in [4.69, 9.17) is 4.52 Å². The van der Waals surface area contributed by atoms with Gasteiger partial charge in [0.2, 0.25) is 0 Å². The summed E-state index contributed by atoms with van der Waals surface area (Å²) in [6, 6.07) is 1.80. The molecule has 2 N–H and O–H groups in total. The zero-order valence-electron chi connectivity index (χ0n) is 14.8. The second-order valence-electron chi connectivity index (χ2n) is 6.83. The summed E-state index contributed by atoms with van der Waals surface area (Å²) < 4.78 is 5.27. The van der Waals surface area contributed by atoms with Gasteiger partial charge >= 0.3 is 5.97 Å². The van der Waals surface area contributed by atoms with E-state index in [0.29, 0.717) is 41.1 Å². The van der Waals surface area contributed by atoms with Crippen LogP contribution in [0.4, 0.5) is 0 Å². The van der Waals surface area contributed by atoms with Crippen LogP contribution in [0.1, 0.15) is 73.6 Å². The first kappa shape index (κ1) is 17.4. The van der Waals surface area contributed by atoms with Crippen molar-refractivity contribution in [2.24, 2.45) is 0 Å². The highest BCUT2D eigenvalue weighted by Crippen LogP contribution is 2.40. The molecule has 1 aliphatic carbocycles. The first-order chi connectivity index (χ1) is 11.9. The number of carboxylic acids is 1. The first-order valence-electron chi connectivity index (χ1n) is 8.70. The molecule has 1 fully saturated rings. The normalized spacial score (nSPS) is 14.7. The number of aliphatic carboxylic acids is 1. The topological polar surface area (TPSA) is 105 Å². The van der Waals surface area contributed by atoms with Gasteiger partial charge in [-0.1, -0.05) is 19.0 Å². The maximum atomic E-state index is 13.0. The summed E-state index contributed by atoms with van der Waals surface area (Å²) in [6.45, 7) is 5.54. The smallest absolute Gasteiger partial charge is 0.305 e. The van der Waals surface area contributed by atoms with E-state index in [0.717, 1.165) is 18.5 Å². The molecule has 25 heavy (non-hydrogen) atoms. The number of amides is 1. The fourth-order valence-electron chi connectivity index (χ4n) is 3.20. The van der Waals surface area contributed by atoms with Gasteiger partial charge < -0.3 is 14.9 Å². The number of carbonyl (C=O) groups is 2. The number of hydrogen-bond acceptors (Lipinski definition) is 5. The average Bonchev–Trinajstić information content (AvgIpc) is 3.37. The molecule has 0 atom stereocenters. The molecule has 7 heteroatoms. The third-order valence-electron chi connectivity index (χ3n) is 5.10. The van der Waals surface area contributed by atoms with Crippen molar-refractivity contribution in [1.82, 2.24) is 15.5 Å². The lowest BCUT2D eigenvalue weighted by atomic mass is 9.88. The van der Waals surface area contributed by atoms with Crippen LogP contribution in [0.3, 0.4) is 0 Å². The van der Waals surface area contributed by atoms with Gasteiger partial charge in [0.1, 0.15) is 0 Å². The Balaban J connectivity index is 2.00. The van der Waals surface area contributed by atoms with Gasteiger partial charge in [-0.3, -0.25) is 9.59 Å². The van der Waals surface area contributed by atoms with Crippen molar-refractivity contribution in [1.29, 1.82) is 0 Å². The van der Waals surface area contributed by atoms with Gasteiger partial charge in [-0.15, -0.1) is 0 Å². The lowest BCUT2D eigenvalue weighted by Crippen LogP contribution is -2.49. The van der Waals surface area contributed by atoms with Crippen molar-refractivity contribution >= 4 is 23.0 Å². The molecule has 0 unspecified atom stereocenters. The highest BCUT2D eigenvalue weighted by Gasteiger charge is 2.33. The van der Waals surface area contributed by atoms with Crippen molar-refractivity contribution in [3.05, 3.63) is 23.0 Å². The maximum Gasteiger partial charge on any atom is 0.305 e. The van der Waals surface area contributed by atoms with E-state index in [1.165, 1.54) is 0 Å². The van der Waals surface area contributed by atoms with Crippen molar-refractivity contribution in [3.63, 3.8) is 0 Å². The number of aromatic nitrogens is 2. The van der Waals surface area contributed by atoms with Crippen molar-refractivity contribution < 1.29 is 19.2 Å². The summed E-state index contributed by atoms with van der Waals surface area (Å²) in [7, 11) is 0. The predicted molar refractivity (Wildman–Crippen MR) is 91.5 cm³/mol. The van der Waals surface area contributed by atoms with Crippen LogP contribution in [0.5, 0.6) is 0 Å². The van der Waals surface area contributed by atoms with Gasteiger partial charge in [-0.2, -0.15) is 0 Å². The van der Waals surface area contributed by atoms with Crippen LogP contribution in [0.2, 0.25) is 0 Å².